The maximum atomic E-state index is 2.45. The summed E-state index contributed by atoms with van der Waals surface area (Å²) in [6.45, 7) is 2.35. The van der Waals surface area contributed by atoms with E-state index in [-0.39, 0.29) is 0 Å². The first kappa shape index (κ1) is 33.9. The average Bonchev–Trinajstić information content (AvgIpc) is 3.93. The van der Waals surface area contributed by atoms with E-state index < -0.39 is 0 Å². The molecule has 280 valence electrons. The van der Waals surface area contributed by atoms with Crippen LogP contribution in [0.1, 0.15) is 53.1 Å². The molecule has 2 aromatic heterocycles. The smallest absolute Gasteiger partial charge is 0.0541 e. The van der Waals surface area contributed by atoms with Gasteiger partial charge in [0.25, 0.3) is 0 Å². The van der Waals surface area contributed by atoms with Gasteiger partial charge in [-0.15, -0.1) is 0 Å². The number of hydrogen-bond acceptors (Lipinski definition) is 0. The summed E-state index contributed by atoms with van der Waals surface area (Å²) in [4.78, 5) is 0. The highest BCUT2D eigenvalue weighted by atomic mass is 15.0. The summed E-state index contributed by atoms with van der Waals surface area (Å²) in [5.74, 6) is 0.806. The Morgan fingerprint density at radius 3 is 1.97 bits per heavy atom. The Balaban J connectivity index is 0.871. The Kier molecular flexibility index (Phi) is 7.74. The third-order valence-corrected chi connectivity index (χ3v) is 13.1. The number of aromatic nitrogens is 2. The van der Waals surface area contributed by atoms with Crippen LogP contribution in [-0.2, 0) is 6.42 Å². The van der Waals surface area contributed by atoms with E-state index >= 15 is 0 Å². The third kappa shape index (κ3) is 5.40. The fourth-order valence-electron chi connectivity index (χ4n) is 10.4. The number of allylic oxidation sites excluding steroid dienone is 1. The van der Waals surface area contributed by atoms with E-state index in [9.17, 15) is 0 Å². The van der Waals surface area contributed by atoms with E-state index in [0.29, 0.717) is 11.8 Å². The van der Waals surface area contributed by atoms with Gasteiger partial charge in [0.05, 0.1) is 16.6 Å². The minimum Gasteiger partial charge on any atom is -0.310 e. The predicted octanol–water partition coefficient (Wildman–Crippen LogP) is 14.9. The molecule has 0 N–H and O–H groups in total. The summed E-state index contributed by atoms with van der Waals surface area (Å²) in [7, 11) is 0. The molecule has 0 bridgehead atoms. The lowest BCUT2D eigenvalue weighted by molar-refractivity contribution is 0.773. The zero-order valence-electron chi connectivity index (χ0n) is 33.0. The SMILES string of the molecule is CC1CC=Cc2c1c1ccccc1n2-c1ccc(-c2ccc3c(c2)-c2ccccc2C3Cc2cccc(-c3ccc4c(c3)c3ccccc3n4-c3ccccc3)c2)cc1. The van der Waals surface area contributed by atoms with Gasteiger partial charge in [-0.05, 0) is 135 Å². The van der Waals surface area contributed by atoms with Crippen molar-refractivity contribution in [3.63, 3.8) is 0 Å². The Bertz CT molecular complexity index is 3280. The van der Waals surface area contributed by atoms with Crippen LogP contribution in [0.15, 0.2) is 194 Å². The summed E-state index contributed by atoms with van der Waals surface area (Å²) in [5, 5.41) is 3.92. The molecule has 2 unspecified atom stereocenters. The molecule has 10 aromatic rings. The lowest BCUT2D eigenvalue weighted by atomic mass is 9.88. The summed E-state index contributed by atoms with van der Waals surface area (Å²) < 4.78 is 4.83. The summed E-state index contributed by atoms with van der Waals surface area (Å²) >= 11 is 0. The number of benzene rings is 8. The first-order valence-electron chi connectivity index (χ1n) is 21.0. The fourth-order valence-corrected chi connectivity index (χ4v) is 10.4. The highest BCUT2D eigenvalue weighted by Gasteiger charge is 2.29. The van der Waals surface area contributed by atoms with Crippen LogP contribution in [0.5, 0.6) is 0 Å². The van der Waals surface area contributed by atoms with Gasteiger partial charge in [0, 0.05) is 39.1 Å². The lowest BCUT2D eigenvalue weighted by Crippen LogP contribution is -2.03. The number of rotatable bonds is 6. The first-order chi connectivity index (χ1) is 29.2. The molecule has 59 heavy (non-hydrogen) atoms. The molecule has 0 saturated carbocycles. The summed E-state index contributed by atoms with van der Waals surface area (Å²) in [6.07, 6.45) is 6.69. The standard InChI is InChI=1S/C57H42N2/c1-37-13-11-24-56-57(37)49-21-8-10-23-54(49)59(56)44-29-25-39(26-30-44)41-27-31-47-50(45-18-5-6-19-46(45)51(47)35-41)34-38-14-12-15-40(33-38)42-28-32-55-52(36-42)48-20-7-9-22-53(48)58(55)43-16-3-2-4-17-43/h2-12,14-33,35-37,50H,13,34H2,1H3. The predicted molar refractivity (Wildman–Crippen MR) is 248 cm³/mol. The van der Waals surface area contributed by atoms with E-state index in [1.54, 1.807) is 0 Å². The Morgan fingerprint density at radius 1 is 0.458 bits per heavy atom. The Hall–Kier alpha value is -7.16. The van der Waals surface area contributed by atoms with Crippen molar-refractivity contribution in [1.29, 1.82) is 0 Å². The van der Waals surface area contributed by atoms with Crippen molar-refractivity contribution < 1.29 is 0 Å². The first-order valence-corrected chi connectivity index (χ1v) is 21.0. The second-order valence-electron chi connectivity index (χ2n) is 16.5. The van der Waals surface area contributed by atoms with E-state index in [4.69, 9.17) is 0 Å². The van der Waals surface area contributed by atoms with Crippen molar-refractivity contribution >= 4 is 38.8 Å². The highest BCUT2D eigenvalue weighted by Crippen LogP contribution is 2.48. The lowest BCUT2D eigenvalue weighted by Gasteiger charge is -2.17. The van der Waals surface area contributed by atoms with Crippen molar-refractivity contribution in [1.82, 2.24) is 9.13 Å². The van der Waals surface area contributed by atoms with Crippen LogP contribution in [0.3, 0.4) is 0 Å². The van der Waals surface area contributed by atoms with Gasteiger partial charge in [-0.3, -0.25) is 0 Å². The zero-order valence-corrected chi connectivity index (χ0v) is 33.0. The van der Waals surface area contributed by atoms with Crippen molar-refractivity contribution in [2.24, 2.45) is 0 Å². The Labute approximate surface area is 345 Å². The van der Waals surface area contributed by atoms with Crippen LogP contribution in [0.2, 0.25) is 0 Å². The van der Waals surface area contributed by atoms with Crippen molar-refractivity contribution in [2.45, 2.75) is 31.6 Å². The van der Waals surface area contributed by atoms with E-state index in [1.165, 1.54) is 105 Å². The van der Waals surface area contributed by atoms with Crippen LogP contribution in [0.4, 0.5) is 0 Å². The van der Waals surface area contributed by atoms with Crippen molar-refractivity contribution in [3.05, 3.63) is 222 Å². The number of nitrogens with zero attached hydrogens (tertiary/aromatic N) is 2. The van der Waals surface area contributed by atoms with Gasteiger partial charge in [-0.2, -0.15) is 0 Å². The molecule has 2 nitrogen and oxygen atoms in total. The molecule has 0 fully saturated rings. The Morgan fingerprint density at radius 2 is 1.10 bits per heavy atom. The van der Waals surface area contributed by atoms with Gasteiger partial charge < -0.3 is 9.13 Å². The molecule has 8 aromatic carbocycles. The molecule has 0 saturated heterocycles. The molecule has 2 aliphatic carbocycles. The van der Waals surface area contributed by atoms with Gasteiger partial charge in [-0.25, -0.2) is 0 Å². The van der Waals surface area contributed by atoms with Gasteiger partial charge in [0.1, 0.15) is 0 Å². The van der Waals surface area contributed by atoms with Gasteiger partial charge >= 0.3 is 0 Å². The number of hydrogen-bond donors (Lipinski definition) is 0. The molecular weight excluding hydrogens is 713 g/mol. The molecule has 0 spiro atoms. The fraction of sp³-hybridized carbons (Fsp3) is 0.0877. The van der Waals surface area contributed by atoms with Crippen molar-refractivity contribution in [2.75, 3.05) is 0 Å². The zero-order chi connectivity index (χ0) is 39.0. The average molecular weight is 755 g/mol. The molecule has 2 aliphatic rings. The van der Waals surface area contributed by atoms with Crippen LogP contribution in [0.25, 0.3) is 83.5 Å². The molecule has 2 heterocycles. The van der Waals surface area contributed by atoms with E-state index in [0.717, 1.165) is 12.8 Å². The molecule has 0 amide bonds. The van der Waals surface area contributed by atoms with Gasteiger partial charge in [0.2, 0.25) is 0 Å². The van der Waals surface area contributed by atoms with Crippen molar-refractivity contribution in [3.8, 4) is 44.8 Å². The highest BCUT2D eigenvalue weighted by molar-refractivity contribution is 6.10. The normalized spacial score (nSPS) is 15.5. The van der Waals surface area contributed by atoms with Gasteiger partial charge in [0.15, 0.2) is 0 Å². The molecule has 12 rings (SSSR count). The van der Waals surface area contributed by atoms with Crippen LogP contribution < -0.4 is 0 Å². The number of para-hydroxylation sites is 3. The number of fused-ring (bicyclic) bond motifs is 9. The molecule has 0 aliphatic heterocycles. The second kappa shape index (κ2) is 13.5. The minimum atomic E-state index is 0.294. The molecular formula is C57H42N2. The van der Waals surface area contributed by atoms with Crippen LogP contribution >= 0.6 is 0 Å². The summed E-state index contributed by atoms with van der Waals surface area (Å²) in [5.41, 5.74) is 20.8. The van der Waals surface area contributed by atoms with Gasteiger partial charge in [-0.1, -0.05) is 146 Å². The van der Waals surface area contributed by atoms with E-state index in [1.807, 2.05) is 0 Å². The third-order valence-electron chi connectivity index (χ3n) is 13.1. The maximum Gasteiger partial charge on any atom is 0.0541 e. The topological polar surface area (TPSA) is 9.86 Å². The minimum absolute atomic E-state index is 0.294. The van der Waals surface area contributed by atoms with Crippen LogP contribution in [0, 0.1) is 0 Å². The second-order valence-corrected chi connectivity index (χ2v) is 16.5. The maximum absolute atomic E-state index is 2.45. The van der Waals surface area contributed by atoms with E-state index in [2.05, 4.69) is 216 Å². The quantitative estimate of drug-likeness (QED) is 0.160. The molecule has 2 atom stereocenters. The largest absolute Gasteiger partial charge is 0.310 e. The monoisotopic (exact) mass is 754 g/mol. The molecule has 0 radical (unpaired) electrons. The van der Waals surface area contributed by atoms with Crippen LogP contribution in [-0.4, -0.2) is 9.13 Å². The molecule has 2 heteroatoms. The summed E-state index contributed by atoms with van der Waals surface area (Å²) in [6, 6.07) is 69.9.